The van der Waals surface area contributed by atoms with Gasteiger partial charge >= 0.3 is 0 Å². The third kappa shape index (κ3) is 2.28. The highest BCUT2D eigenvalue weighted by Gasteiger charge is 2.19. The number of aryl methyl sites for hydroxylation is 2. The van der Waals surface area contributed by atoms with E-state index in [0.29, 0.717) is 0 Å². The third-order valence-electron chi connectivity index (χ3n) is 3.07. The van der Waals surface area contributed by atoms with Crippen LogP contribution in [0.5, 0.6) is 0 Å². The molecule has 0 amide bonds. The van der Waals surface area contributed by atoms with E-state index >= 15 is 0 Å². The summed E-state index contributed by atoms with van der Waals surface area (Å²) < 4.78 is 5.86. The van der Waals surface area contributed by atoms with Crippen LogP contribution < -0.4 is 11.3 Å². The second kappa shape index (κ2) is 4.77. The number of rotatable bonds is 3. The van der Waals surface area contributed by atoms with Gasteiger partial charge in [-0.3, -0.25) is 5.84 Å². The average molecular weight is 273 g/mol. The summed E-state index contributed by atoms with van der Waals surface area (Å²) in [6.07, 6.45) is 0. The SMILES string of the molecule is Cc1ccc2oc(C(NN)c3csc(C)n3)cc2c1. The molecule has 1 aromatic carbocycles. The fourth-order valence-corrected chi connectivity index (χ4v) is 2.79. The van der Waals surface area contributed by atoms with Crippen LogP contribution in [-0.2, 0) is 0 Å². The van der Waals surface area contributed by atoms with Crippen LogP contribution in [0.15, 0.2) is 34.1 Å². The Bertz CT molecular complexity index is 716. The van der Waals surface area contributed by atoms with Crippen molar-refractivity contribution in [3.05, 3.63) is 51.7 Å². The molecule has 0 spiro atoms. The number of hydrogen-bond donors (Lipinski definition) is 2. The minimum absolute atomic E-state index is 0.211. The molecule has 0 radical (unpaired) electrons. The summed E-state index contributed by atoms with van der Waals surface area (Å²) in [6, 6.07) is 7.92. The van der Waals surface area contributed by atoms with Crippen molar-refractivity contribution in [2.45, 2.75) is 19.9 Å². The zero-order valence-corrected chi connectivity index (χ0v) is 11.6. The van der Waals surface area contributed by atoms with E-state index in [9.17, 15) is 0 Å². The summed E-state index contributed by atoms with van der Waals surface area (Å²) in [7, 11) is 0. The Hall–Kier alpha value is -1.69. The summed E-state index contributed by atoms with van der Waals surface area (Å²) in [5.74, 6) is 6.44. The Labute approximate surface area is 115 Å². The summed E-state index contributed by atoms with van der Waals surface area (Å²) in [5, 5.41) is 4.10. The zero-order chi connectivity index (χ0) is 13.4. The number of thiazole rings is 1. The van der Waals surface area contributed by atoms with E-state index in [1.165, 1.54) is 5.56 Å². The molecule has 2 aromatic heterocycles. The van der Waals surface area contributed by atoms with Crippen molar-refractivity contribution >= 4 is 22.3 Å². The van der Waals surface area contributed by atoms with E-state index in [-0.39, 0.29) is 6.04 Å². The predicted octanol–water partition coefficient (Wildman–Crippen LogP) is 3.06. The standard InChI is InChI=1S/C14H15N3OS/c1-8-3-4-12-10(5-8)6-13(18-12)14(17-15)11-7-19-9(2)16-11/h3-7,14,17H,15H2,1-2H3. The fourth-order valence-electron chi connectivity index (χ4n) is 2.15. The topological polar surface area (TPSA) is 64.1 Å². The molecule has 0 aliphatic carbocycles. The molecule has 0 bridgehead atoms. The highest BCUT2D eigenvalue weighted by atomic mass is 32.1. The van der Waals surface area contributed by atoms with Crippen LogP contribution in [0.3, 0.4) is 0 Å². The van der Waals surface area contributed by atoms with E-state index in [1.54, 1.807) is 11.3 Å². The number of hydrogen-bond acceptors (Lipinski definition) is 5. The first-order valence-corrected chi connectivity index (χ1v) is 6.93. The lowest BCUT2D eigenvalue weighted by Gasteiger charge is -2.09. The van der Waals surface area contributed by atoms with Gasteiger partial charge in [0, 0.05) is 10.8 Å². The normalized spacial score (nSPS) is 13.0. The predicted molar refractivity (Wildman–Crippen MR) is 77.0 cm³/mol. The van der Waals surface area contributed by atoms with Crippen LogP contribution in [-0.4, -0.2) is 4.98 Å². The molecular weight excluding hydrogens is 258 g/mol. The second-order valence-electron chi connectivity index (χ2n) is 4.58. The van der Waals surface area contributed by atoms with Crippen molar-refractivity contribution in [1.82, 2.24) is 10.4 Å². The van der Waals surface area contributed by atoms with Gasteiger partial charge in [0.15, 0.2) is 0 Å². The molecule has 0 fully saturated rings. The molecule has 5 heteroatoms. The molecule has 0 aliphatic rings. The minimum Gasteiger partial charge on any atom is -0.459 e. The van der Waals surface area contributed by atoms with Gasteiger partial charge in [-0.2, -0.15) is 0 Å². The quantitative estimate of drug-likeness (QED) is 0.568. The Morgan fingerprint density at radius 3 is 2.84 bits per heavy atom. The van der Waals surface area contributed by atoms with Gasteiger partial charge in [0.25, 0.3) is 0 Å². The largest absolute Gasteiger partial charge is 0.459 e. The van der Waals surface area contributed by atoms with Gasteiger partial charge in [-0.15, -0.1) is 11.3 Å². The number of nitrogens with zero attached hydrogens (tertiary/aromatic N) is 1. The Morgan fingerprint density at radius 2 is 2.16 bits per heavy atom. The second-order valence-corrected chi connectivity index (χ2v) is 5.64. The zero-order valence-electron chi connectivity index (χ0n) is 10.8. The summed E-state index contributed by atoms with van der Waals surface area (Å²) in [6.45, 7) is 4.04. The maximum Gasteiger partial charge on any atom is 0.134 e. The Kier molecular flexibility index (Phi) is 3.10. The smallest absolute Gasteiger partial charge is 0.134 e. The fraction of sp³-hybridized carbons (Fsp3) is 0.214. The average Bonchev–Trinajstić information content (AvgIpc) is 2.96. The van der Waals surface area contributed by atoms with Crippen molar-refractivity contribution in [3.63, 3.8) is 0 Å². The molecule has 0 aliphatic heterocycles. The van der Waals surface area contributed by atoms with Gasteiger partial charge in [0.2, 0.25) is 0 Å². The monoisotopic (exact) mass is 273 g/mol. The number of benzene rings is 1. The molecule has 0 saturated heterocycles. The first kappa shape index (κ1) is 12.3. The summed E-state index contributed by atoms with van der Waals surface area (Å²) in [4.78, 5) is 4.46. The maximum atomic E-state index is 5.86. The molecule has 3 rings (SSSR count). The number of fused-ring (bicyclic) bond motifs is 1. The van der Waals surface area contributed by atoms with Gasteiger partial charge in [0.1, 0.15) is 17.4 Å². The first-order valence-electron chi connectivity index (χ1n) is 6.05. The summed E-state index contributed by atoms with van der Waals surface area (Å²) in [5.41, 5.74) is 5.74. The highest BCUT2D eigenvalue weighted by Crippen LogP contribution is 2.28. The molecule has 3 aromatic rings. The number of aromatic nitrogens is 1. The van der Waals surface area contributed by atoms with Crippen molar-refractivity contribution in [2.75, 3.05) is 0 Å². The number of nitrogens with two attached hydrogens (primary N) is 1. The minimum atomic E-state index is -0.211. The Morgan fingerprint density at radius 1 is 1.32 bits per heavy atom. The number of furan rings is 1. The molecule has 1 unspecified atom stereocenters. The van der Waals surface area contributed by atoms with Gasteiger partial charge in [-0.1, -0.05) is 11.6 Å². The van der Waals surface area contributed by atoms with Crippen LogP contribution in [0, 0.1) is 13.8 Å². The van der Waals surface area contributed by atoms with Crippen LogP contribution in [0.25, 0.3) is 11.0 Å². The highest BCUT2D eigenvalue weighted by molar-refractivity contribution is 7.09. The first-order chi connectivity index (χ1) is 9.17. The lowest BCUT2D eigenvalue weighted by atomic mass is 10.1. The summed E-state index contributed by atoms with van der Waals surface area (Å²) >= 11 is 1.60. The van der Waals surface area contributed by atoms with Crippen molar-refractivity contribution < 1.29 is 4.42 Å². The van der Waals surface area contributed by atoms with E-state index in [1.807, 2.05) is 30.5 Å². The molecular formula is C14H15N3OS. The molecule has 2 heterocycles. The van der Waals surface area contributed by atoms with Crippen molar-refractivity contribution in [2.24, 2.45) is 5.84 Å². The van der Waals surface area contributed by atoms with E-state index < -0.39 is 0 Å². The van der Waals surface area contributed by atoms with Crippen molar-refractivity contribution in [3.8, 4) is 0 Å². The number of nitrogens with one attached hydrogen (secondary N) is 1. The lowest BCUT2D eigenvalue weighted by molar-refractivity contribution is 0.472. The molecule has 0 saturated carbocycles. The maximum absolute atomic E-state index is 5.86. The molecule has 19 heavy (non-hydrogen) atoms. The van der Waals surface area contributed by atoms with Crippen molar-refractivity contribution in [1.29, 1.82) is 0 Å². The molecule has 4 nitrogen and oxygen atoms in total. The van der Waals surface area contributed by atoms with E-state index in [0.717, 1.165) is 27.4 Å². The number of hydrazine groups is 1. The van der Waals surface area contributed by atoms with Crippen LogP contribution in [0.4, 0.5) is 0 Å². The molecule has 98 valence electrons. The molecule has 3 N–H and O–H groups in total. The Balaban J connectivity index is 2.06. The van der Waals surface area contributed by atoms with Crippen LogP contribution in [0.1, 0.15) is 28.1 Å². The van der Waals surface area contributed by atoms with Gasteiger partial charge in [-0.05, 0) is 32.0 Å². The van der Waals surface area contributed by atoms with Crippen LogP contribution in [0.2, 0.25) is 0 Å². The van der Waals surface area contributed by atoms with Gasteiger partial charge < -0.3 is 4.42 Å². The van der Waals surface area contributed by atoms with E-state index in [4.69, 9.17) is 10.3 Å². The van der Waals surface area contributed by atoms with E-state index in [2.05, 4.69) is 23.4 Å². The lowest BCUT2D eigenvalue weighted by Crippen LogP contribution is -2.28. The third-order valence-corrected chi connectivity index (χ3v) is 3.87. The van der Waals surface area contributed by atoms with Gasteiger partial charge in [-0.25, -0.2) is 10.4 Å². The van der Waals surface area contributed by atoms with Crippen LogP contribution >= 0.6 is 11.3 Å². The molecule has 1 atom stereocenters. The van der Waals surface area contributed by atoms with Gasteiger partial charge in [0.05, 0.1) is 10.7 Å².